The van der Waals surface area contributed by atoms with Gasteiger partial charge in [0, 0.05) is 33.3 Å². The first-order chi connectivity index (χ1) is 8.49. The van der Waals surface area contributed by atoms with Gasteiger partial charge in [-0.2, -0.15) is 0 Å². The van der Waals surface area contributed by atoms with Gasteiger partial charge in [-0.1, -0.05) is 0 Å². The summed E-state index contributed by atoms with van der Waals surface area (Å²) in [5.74, 6) is 0.717. The van der Waals surface area contributed by atoms with E-state index in [1.165, 1.54) is 0 Å². The van der Waals surface area contributed by atoms with Gasteiger partial charge in [0.1, 0.15) is 0 Å². The van der Waals surface area contributed by atoms with Gasteiger partial charge in [-0.25, -0.2) is 13.1 Å². The van der Waals surface area contributed by atoms with Crippen LogP contribution in [0.2, 0.25) is 0 Å². The van der Waals surface area contributed by atoms with Crippen molar-refractivity contribution in [3.63, 3.8) is 0 Å². The summed E-state index contributed by atoms with van der Waals surface area (Å²) < 4.78 is 29.0. The Morgan fingerprint density at radius 3 is 2.56 bits per heavy atom. The van der Waals surface area contributed by atoms with Crippen molar-refractivity contribution in [3.8, 4) is 0 Å². The minimum atomic E-state index is -3.10. The van der Waals surface area contributed by atoms with Crippen LogP contribution in [0.4, 0.5) is 0 Å². The third-order valence-corrected chi connectivity index (χ3v) is 2.64. The monoisotopic (exact) mass is 280 g/mol. The fraction of sp³-hybridized carbons (Fsp3) is 0.900. The van der Waals surface area contributed by atoms with Gasteiger partial charge in [-0.05, 0) is 13.3 Å². The molecule has 0 aromatic heterocycles. The first-order valence-corrected chi connectivity index (χ1v) is 7.84. The van der Waals surface area contributed by atoms with Crippen molar-refractivity contribution < 1.29 is 13.2 Å². The summed E-state index contributed by atoms with van der Waals surface area (Å²) in [5, 5.41) is 6.20. The van der Waals surface area contributed by atoms with E-state index in [2.05, 4.69) is 20.3 Å². The number of ether oxygens (including phenoxy) is 1. The van der Waals surface area contributed by atoms with Crippen LogP contribution in [0.15, 0.2) is 4.99 Å². The molecule has 0 radical (unpaired) electrons. The molecule has 7 nitrogen and oxygen atoms in total. The molecule has 3 N–H and O–H groups in total. The molecule has 0 spiro atoms. The maximum absolute atomic E-state index is 10.8. The summed E-state index contributed by atoms with van der Waals surface area (Å²) in [5.41, 5.74) is 0. The van der Waals surface area contributed by atoms with Gasteiger partial charge >= 0.3 is 0 Å². The topological polar surface area (TPSA) is 91.8 Å². The second-order valence-electron chi connectivity index (χ2n) is 3.70. The van der Waals surface area contributed by atoms with E-state index in [0.29, 0.717) is 38.6 Å². The van der Waals surface area contributed by atoms with Gasteiger partial charge in [-0.15, -0.1) is 0 Å². The number of nitrogens with one attached hydrogen (secondary N) is 3. The number of aliphatic imine (C=N–C) groups is 1. The van der Waals surface area contributed by atoms with E-state index in [-0.39, 0.29) is 0 Å². The molecule has 0 aromatic rings. The van der Waals surface area contributed by atoms with Crippen LogP contribution in [0.25, 0.3) is 0 Å². The van der Waals surface area contributed by atoms with Crippen LogP contribution in [-0.4, -0.2) is 60.5 Å². The van der Waals surface area contributed by atoms with Crippen LogP contribution < -0.4 is 15.4 Å². The van der Waals surface area contributed by atoms with Crippen molar-refractivity contribution in [1.29, 1.82) is 0 Å². The summed E-state index contributed by atoms with van der Waals surface area (Å²) in [6, 6.07) is 0. The third-order valence-electron chi connectivity index (χ3n) is 1.91. The fourth-order valence-electron chi connectivity index (χ4n) is 1.14. The van der Waals surface area contributed by atoms with Gasteiger partial charge in [0.25, 0.3) is 0 Å². The number of nitrogens with zero attached hydrogens (tertiary/aromatic N) is 1. The lowest BCUT2D eigenvalue weighted by atomic mass is 10.4. The minimum Gasteiger partial charge on any atom is -0.383 e. The van der Waals surface area contributed by atoms with E-state index in [1.807, 2.05) is 6.92 Å². The molecule has 0 unspecified atom stereocenters. The van der Waals surface area contributed by atoms with E-state index in [9.17, 15) is 8.42 Å². The number of hydrogen-bond donors (Lipinski definition) is 3. The number of sulfonamides is 1. The van der Waals surface area contributed by atoms with E-state index >= 15 is 0 Å². The molecule has 0 saturated carbocycles. The second kappa shape index (κ2) is 10.1. The molecule has 0 heterocycles. The maximum atomic E-state index is 10.8. The largest absolute Gasteiger partial charge is 0.383 e. The van der Waals surface area contributed by atoms with E-state index in [0.717, 1.165) is 12.8 Å². The lowest BCUT2D eigenvalue weighted by Gasteiger charge is -2.10. The SMILES string of the molecule is CCNC(=NCCCNS(C)(=O)=O)NCCOC. The second-order valence-corrected chi connectivity index (χ2v) is 5.53. The van der Waals surface area contributed by atoms with Crippen molar-refractivity contribution in [2.75, 3.05) is 46.2 Å². The zero-order valence-corrected chi connectivity index (χ0v) is 12.1. The van der Waals surface area contributed by atoms with Crippen molar-refractivity contribution in [2.24, 2.45) is 4.99 Å². The van der Waals surface area contributed by atoms with Crippen LogP contribution in [0, 0.1) is 0 Å². The molecule has 108 valence electrons. The van der Waals surface area contributed by atoms with E-state index in [1.54, 1.807) is 7.11 Å². The molecule has 0 bridgehead atoms. The Morgan fingerprint density at radius 1 is 1.28 bits per heavy atom. The van der Waals surface area contributed by atoms with Gasteiger partial charge in [0.2, 0.25) is 10.0 Å². The summed E-state index contributed by atoms with van der Waals surface area (Å²) in [7, 11) is -1.46. The number of methoxy groups -OCH3 is 1. The molecule has 0 aliphatic heterocycles. The Labute approximate surface area is 109 Å². The number of guanidine groups is 1. The Balaban J connectivity index is 3.85. The van der Waals surface area contributed by atoms with Crippen molar-refractivity contribution in [1.82, 2.24) is 15.4 Å². The van der Waals surface area contributed by atoms with Gasteiger partial charge in [0.05, 0.1) is 12.9 Å². The fourth-order valence-corrected chi connectivity index (χ4v) is 1.66. The number of rotatable bonds is 9. The molecule has 18 heavy (non-hydrogen) atoms. The molecule has 0 saturated heterocycles. The Morgan fingerprint density at radius 2 is 2.00 bits per heavy atom. The van der Waals surface area contributed by atoms with E-state index in [4.69, 9.17) is 4.74 Å². The van der Waals surface area contributed by atoms with Crippen LogP contribution in [-0.2, 0) is 14.8 Å². The predicted octanol–water partition coefficient (Wildman–Crippen LogP) is -0.873. The van der Waals surface area contributed by atoms with Crippen LogP contribution >= 0.6 is 0 Å². The average molecular weight is 280 g/mol. The summed E-state index contributed by atoms with van der Waals surface area (Å²) >= 11 is 0. The molecule has 0 aliphatic rings. The lowest BCUT2D eigenvalue weighted by Crippen LogP contribution is -2.39. The molecule has 0 atom stereocenters. The Hall–Kier alpha value is -0.860. The molecule has 0 aliphatic carbocycles. The smallest absolute Gasteiger partial charge is 0.208 e. The minimum absolute atomic E-state index is 0.403. The third kappa shape index (κ3) is 11.6. The van der Waals surface area contributed by atoms with Crippen LogP contribution in [0.5, 0.6) is 0 Å². The lowest BCUT2D eigenvalue weighted by molar-refractivity contribution is 0.203. The predicted molar refractivity (Wildman–Crippen MR) is 73.3 cm³/mol. The summed E-state index contributed by atoms with van der Waals surface area (Å²) in [6.45, 7) is 5.02. The standard InChI is InChI=1S/C10H24N4O3S/c1-4-11-10(13-8-9-17-2)12-6-5-7-14-18(3,15)16/h14H,4-9H2,1-3H3,(H2,11,12,13). The number of hydrogen-bond acceptors (Lipinski definition) is 4. The molecule has 0 aromatic carbocycles. The van der Waals surface area contributed by atoms with Crippen molar-refractivity contribution in [2.45, 2.75) is 13.3 Å². The molecule has 0 fully saturated rings. The molecular formula is C10H24N4O3S. The van der Waals surface area contributed by atoms with E-state index < -0.39 is 10.0 Å². The van der Waals surface area contributed by atoms with Crippen LogP contribution in [0.3, 0.4) is 0 Å². The highest BCUT2D eigenvalue weighted by Gasteiger charge is 1.99. The van der Waals surface area contributed by atoms with Gasteiger partial charge < -0.3 is 15.4 Å². The molecule has 0 rings (SSSR count). The first kappa shape index (κ1) is 17.1. The molecular weight excluding hydrogens is 256 g/mol. The highest BCUT2D eigenvalue weighted by atomic mass is 32.2. The van der Waals surface area contributed by atoms with Gasteiger partial charge in [0.15, 0.2) is 5.96 Å². The zero-order valence-electron chi connectivity index (χ0n) is 11.3. The van der Waals surface area contributed by atoms with Crippen molar-refractivity contribution >= 4 is 16.0 Å². The highest BCUT2D eigenvalue weighted by Crippen LogP contribution is 1.83. The summed E-state index contributed by atoms with van der Waals surface area (Å²) in [4.78, 5) is 4.31. The Bertz CT molecular complexity index is 330. The maximum Gasteiger partial charge on any atom is 0.208 e. The summed E-state index contributed by atoms with van der Waals surface area (Å²) in [6.07, 6.45) is 1.81. The average Bonchev–Trinajstić information content (AvgIpc) is 2.27. The highest BCUT2D eigenvalue weighted by molar-refractivity contribution is 7.88. The normalized spacial score (nSPS) is 12.5. The van der Waals surface area contributed by atoms with Crippen molar-refractivity contribution in [3.05, 3.63) is 0 Å². The first-order valence-electron chi connectivity index (χ1n) is 5.95. The molecule has 0 amide bonds. The molecule has 8 heteroatoms. The Kier molecular flexibility index (Phi) is 9.62. The van der Waals surface area contributed by atoms with Gasteiger partial charge in [-0.3, -0.25) is 4.99 Å². The zero-order chi connectivity index (χ0) is 13.9. The van der Waals surface area contributed by atoms with Crippen LogP contribution in [0.1, 0.15) is 13.3 Å². The quantitative estimate of drug-likeness (QED) is 0.290.